The predicted octanol–water partition coefficient (Wildman–Crippen LogP) is 3.54. The molecule has 3 rings (SSSR count). The Kier molecular flexibility index (Phi) is 4.47. The molecule has 0 unspecified atom stereocenters. The highest BCUT2D eigenvalue weighted by atomic mass is 19.3. The molecular weight excluding hydrogens is 293 g/mol. The van der Waals surface area contributed by atoms with Gasteiger partial charge in [-0.15, -0.1) is 0 Å². The molecule has 1 aromatic rings. The molecule has 2 aliphatic rings. The van der Waals surface area contributed by atoms with E-state index in [1.165, 1.54) is 25.0 Å². The summed E-state index contributed by atoms with van der Waals surface area (Å²) >= 11 is 0. The number of nitrogens with one attached hydrogen (secondary N) is 1. The minimum Gasteiger partial charge on any atom is -0.432 e. The summed E-state index contributed by atoms with van der Waals surface area (Å²) in [7, 11) is 0. The van der Waals surface area contributed by atoms with Gasteiger partial charge in [0, 0.05) is 36.4 Å². The summed E-state index contributed by atoms with van der Waals surface area (Å²) in [6.07, 6.45) is 4.58. The number of rotatable bonds is 3. The normalized spacial score (nSPS) is 28.6. The fourth-order valence-corrected chi connectivity index (χ4v) is 3.68. The Morgan fingerprint density at radius 3 is 2.77 bits per heavy atom. The number of hydrogen-bond acceptors (Lipinski definition) is 3. The number of alkyl halides is 2. The van der Waals surface area contributed by atoms with E-state index in [2.05, 4.69) is 21.9 Å². The Morgan fingerprint density at radius 2 is 2.05 bits per heavy atom. The van der Waals surface area contributed by atoms with Gasteiger partial charge in [0.15, 0.2) is 11.6 Å². The molecule has 1 N–H and O–H groups in total. The predicted molar refractivity (Wildman–Crippen MR) is 79.0 cm³/mol. The monoisotopic (exact) mass is 314 g/mol. The van der Waals surface area contributed by atoms with Crippen LogP contribution in [0.4, 0.5) is 18.9 Å². The molecule has 6 heteroatoms. The van der Waals surface area contributed by atoms with E-state index in [9.17, 15) is 13.2 Å². The van der Waals surface area contributed by atoms with E-state index < -0.39 is 18.2 Å². The quantitative estimate of drug-likeness (QED) is 0.923. The second-order valence-electron chi connectivity index (χ2n) is 6.17. The van der Waals surface area contributed by atoms with Crippen LogP contribution in [0.3, 0.4) is 0 Å². The zero-order valence-corrected chi connectivity index (χ0v) is 12.6. The number of fused-ring (bicyclic) bond motifs is 1. The average molecular weight is 314 g/mol. The highest BCUT2D eigenvalue weighted by Crippen LogP contribution is 2.33. The summed E-state index contributed by atoms with van der Waals surface area (Å²) in [6.45, 7) is -0.111. The van der Waals surface area contributed by atoms with Gasteiger partial charge in [0.25, 0.3) is 0 Å². The summed E-state index contributed by atoms with van der Waals surface area (Å²) in [5.41, 5.74) is 0.740. The Balaban J connectivity index is 1.83. The van der Waals surface area contributed by atoms with Gasteiger partial charge >= 0.3 is 6.61 Å². The zero-order valence-electron chi connectivity index (χ0n) is 12.6. The second-order valence-corrected chi connectivity index (χ2v) is 6.17. The molecule has 0 amide bonds. The molecule has 1 aliphatic carbocycles. The van der Waals surface area contributed by atoms with Gasteiger partial charge in [0.1, 0.15) is 0 Å². The molecule has 22 heavy (non-hydrogen) atoms. The number of anilines is 1. The summed E-state index contributed by atoms with van der Waals surface area (Å²) in [5, 5.41) is 3.61. The largest absolute Gasteiger partial charge is 0.432 e. The molecule has 0 bridgehead atoms. The van der Waals surface area contributed by atoms with Crippen LogP contribution >= 0.6 is 0 Å². The number of hydrogen-bond donors (Lipinski definition) is 1. The van der Waals surface area contributed by atoms with E-state index in [0.29, 0.717) is 18.1 Å². The van der Waals surface area contributed by atoms with Crippen LogP contribution in [-0.2, 0) is 0 Å². The SMILES string of the molecule is C[C@@H]1CN(c2ccc(OC(F)F)c(F)c2)[C@H]2CCCC[C@@H]2N1. The van der Waals surface area contributed by atoms with Crippen LogP contribution in [0.25, 0.3) is 0 Å². The van der Waals surface area contributed by atoms with E-state index >= 15 is 0 Å². The lowest BCUT2D eigenvalue weighted by Crippen LogP contribution is -2.62. The third-order valence-electron chi connectivity index (χ3n) is 4.56. The molecule has 1 aliphatic heterocycles. The lowest BCUT2D eigenvalue weighted by atomic mass is 9.86. The number of halogens is 3. The first-order valence-corrected chi connectivity index (χ1v) is 7.81. The summed E-state index contributed by atoms with van der Waals surface area (Å²) in [6, 6.07) is 5.34. The van der Waals surface area contributed by atoms with Crippen molar-refractivity contribution < 1.29 is 17.9 Å². The maximum absolute atomic E-state index is 14.0. The molecule has 1 aromatic carbocycles. The molecular formula is C16H21F3N2O. The first kappa shape index (κ1) is 15.5. The van der Waals surface area contributed by atoms with Crippen molar-refractivity contribution in [3.05, 3.63) is 24.0 Å². The number of piperazine rings is 1. The molecule has 2 fully saturated rings. The van der Waals surface area contributed by atoms with Gasteiger partial charge < -0.3 is 15.0 Å². The number of benzene rings is 1. The van der Waals surface area contributed by atoms with Crippen LogP contribution in [-0.4, -0.2) is 31.3 Å². The Morgan fingerprint density at radius 1 is 1.27 bits per heavy atom. The second kappa shape index (κ2) is 6.36. The zero-order chi connectivity index (χ0) is 15.7. The Bertz CT molecular complexity index is 526. The molecule has 0 aromatic heterocycles. The maximum atomic E-state index is 14.0. The fraction of sp³-hybridized carbons (Fsp3) is 0.625. The molecule has 1 heterocycles. The lowest BCUT2D eigenvalue weighted by Gasteiger charge is -2.48. The Hall–Kier alpha value is -1.43. The van der Waals surface area contributed by atoms with Crippen LogP contribution in [0.5, 0.6) is 5.75 Å². The molecule has 1 saturated carbocycles. The van der Waals surface area contributed by atoms with Crippen LogP contribution in [0.1, 0.15) is 32.6 Å². The van der Waals surface area contributed by atoms with Crippen molar-refractivity contribution in [3.63, 3.8) is 0 Å². The van der Waals surface area contributed by atoms with Gasteiger partial charge in [-0.1, -0.05) is 12.8 Å². The minimum atomic E-state index is -3.01. The third-order valence-corrected chi connectivity index (χ3v) is 4.56. The minimum absolute atomic E-state index is 0.319. The number of ether oxygens (including phenoxy) is 1. The molecule has 0 radical (unpaired) electrons. The lowest BCUT2D eigenvalue weighted by molar-refractivity contribution is -0.0521. The van der Waals surface area contributed by atoms with Crippen LogP contribution in [0, 0.1) is 5.82 Å². The van der Waals surface area contributed by atoms with E-state index in [1.54, 1.807) is 6.07 Å². The standard InChI is InChI=1S/C16H21F3N2O/c1-10-9-21(14-5-3-2-4-13(14)20-10)11-6-7-15(12(17)8-11)22-16(18)19/h6-8,10,13-14,16,20H,2-5,9H2,1H3/t10-,13+,14+/m1/s1. The van der Waals surface area contributed by atoms with Crippen molar-refractivity contribution in [2.45, 2.75) is 57.3 Å². The van der Waals surface area contributed by atoms with Crippen molar-refractivity contribution in [2.75, 3.05) is 11.4 Å². The maximum Gasteiger partial charge on any atom is 0.387 e. The van der Waals surface area contributed by atoms with Gasteiger partial charge in [-0.2, -0.15) is 8.78 Å². The summed E-state index contributed by atoms with van der Waals surface area (Å²) < 4.78 is 42.6. The highest BCUT2D eigenvalue weighted by Gasteiger charge is 2.36. The topological polar surface area (TPSA) is 24.5 Å². The van der Waals surface area contributed by atoms with Crippen molar-refractivity contribution in [3.8, 4) is 5.75 Å². The van der Waals surface area contributed by atoms with Crippen LogP contribution in [0.2, 0.25) is 0 Å². The van der Waals surface area contributed by atoms with Gasteiger partial charge in [0.05, 0.1) is 0 Å². The van der Waals surface area contributed by atoms with Crippen LogP contribution < -0.4 is 15.0 Å². The molecule has 0 spiro atoms. The van der Waals surface area contributed by atoms with E-state index in [-0.39, 0.29) is 0 Å². The van der Waals surface area contributed by atoms with Crippen molar-refractivity contribution in [1.82, 2.24) is 5.32 Å². The summed E-state index contributed by atoms with van der Waals surface area (Å²) in [4.78, 5) is 2.21. The van der Waals surface area contributed by atoms with Gasteiger partial charge in [-0.25, -0.2) is 4.39 Å². The van der Waals surface area contributed by atoms with E-state index in [1.807, 2.05) is 0 Å². The molecule has 122 valence electrons. The Labute approximate surface area is 128 Å². The van der Waals surface area contributed by atoms with Gasteiger partial charge in [-0.05, 0) is 31.9 Å². The molecule has 3 atom stereocenters. The van der Waals surface area contributed by atoms with Crippen LogP contribution in [0.15, 0.2) is 18.2 Å². The smallest absolute Gasteiger partial charge is 0.387 e. The average Bonchev–Trinajstić information content (AvgIpc) is 2.48. The highest BCUT2D eigenvalue weighted by molar-refractivity contribution is 5.52. The molecule has 3 nitrogen and oxygen atoms in total. The van der Waals surface area contributed by atoms with Crippen molar-refractivity contribution in [1.29, 1.82) is 0 Å². The third kappa shape index (κ3) is 3.16. The van der Waals surface area contributed by atoms with Gasteiger partial charge in [-0.3, -0.25) is 0 Å². The van der Waals surface area contributed by atoms with E-state index in [0.717, 1.165) is 25.1 Å². The fourth-order valence-electron chi connectivity index (χ4n) is 3.68. The van der Waals surface area contributed by atoms with Crippen molar-refractivity contribution in [2.24, 2.45) is 0 Å². The van der Waals surface area contributed by atoms with E-state index in [4.69, 9.17) is 0 Å². The number of nitrogens with zero attached hydrogens (tertiary/aromatic N) is 1. The van der Waals surface area contributed by atoms with Crippen molar-refractivity contribution >= 4 is 5.69 Å². The first-order chi connectivity index (χ1) is 10.5. The van der Waals surface area contributed by atoms with Gasteiger partial charge in [0.2, 0.25) is 0 Å². The molecule has 1 saturated heterocycles. The summed E-state index contributed by atoms with van der Waals surface area (Å²) in [5.74, 6) is -1.14. The first-order valence-electron chi connectivity index (χ1n) is 7.81.